The number of hydrogen-bond donors (Lipinski definition) is 1. The van der Waals surface area contributed by atoms with Gasteiger partial charge in [-0.2, -0.15) is 4.31 Å². The Morgan fingerprint density at radius 1 is 1.00 bits per heavy atom. The molecule has 1 N–H and O–H groups in total. The Balaban J connectivity index is 1.33. The number of piperidine rings is 1. The van der Waals surface area contributed by atoms with E-state index in [0.29, 0.717) is 15.7 Å². The lowest BCUT2D eigenvalue weighted by Crippen LogP contribution is -2.54. The maximum Gasteiger partial charge on any atom is 0.260 e. The fourth-order valence-corrected chi connectivity index (χ4v) is 8.49. The van der Waals surface area contributed by atoms with Crippen LogP contribution in [0.2, 0.25) is 10.0 Å². The summed E-state index contributed by atoms with van der Waals surface area (Å²) in [6, 6.07) is 12.0. The molecule has 4 amide bonds. The van der Waals surface area contributed by atoms with Crippen molar-refractivity contribution in [1.29, 1.82) is 0 Å². The van der Waals surface area contributed by atoms with Crippen LogP contribution in [0.3, 0.4) is 0 Å². The molecule has 1 unspecified atom stereocenters. The Kier molecular flexibility index (Phi) is 8.31. The summed E-state index contributed by atoms with van der Waals surface area (Å²) >= 11 is 16.0. The number of fused-ring (bicyclic) bond motifs is 1. The van der Waals surface area contributed by atoms with Gasteiger partial charge >= 0.3 is 0 Å². The zero-order chi connectivity index (χ0) is 32.3. The summed E-state index contributed by atoms with van der Waals surface area (Å²) in [4.78, 5) is 58.2. The summed E-state index contributed by atoms with van der Waals surface area (Å²) in [5, 5.41) is 2.61. The lowest BCUT2D eigenvalue weighted by Gasteiger charge is -2.36. The second-order valence-electron chi connectivity index (χ2n) is 11.4. The molecule has 6 rings (SSSR count). The van der Waals surface area contributed by atoms with E-state index in [9.17, 15) is 27.6 Å². The third-order valence-electron chi connectivity index (χ3n) is 8.28. The highest BCUT2D eigenvalue weighted by atomic mass is 79.9. The number of aromatic nitrogens is 2. The minimum absolute atomic E-state index is 0.0214. The summed E-state index contributed by atoms with van der Waals surface area (Å²) in [5.74, 6) is -2.45. The van der Waals surface area contributed by atoms with Gasteiger partial charge in [-0.25, -0.2) is 18.3 Å². The molecule has 2 aromatic carbocycles. The summed E-state index contributed by atoms with van der Waals surface area (Å²) in [5.41, 5.74) is -0.261. The number of carbonyl (C=O) groups excluding carboxylic acids is 4. The number of sulfonamides is 1. The van der Waals surface area contributed by atoms with Gasteiger partial charge in [0.25, 0.3) is 15.9 Å². The predicted molar refractivity (Wildman–Crippen MR) is 169 cm³/mol. The number of rotatable bonds is 6. The number of imide groups is 1. The van der Waals surface area contributed by atoms with E-state index in [1.807, 2.05) is 24.3 Å². The molecule has 0 aliphatic carbocycles. The van der Waals surface area contributed by atoms with Crippen molar-refractivity contribution >= 4 is 84.4 Å². The molecule has 3 aromatic rings. The first-order chi connectivity index (χ1) is 21.3. The van der Waals surface area contributed by atoms with Crippen LogP contribution in [-0.2, 0) is 41.2 Å². The highest BCUT2D eigenvalue weighted by Crippen LogP contribution is 2.45. The van der Waals surface area contributed by atoms with Crippen molar-refractivity contribution in [2.45, 2.75) is 36.8 Å². The largest absolute Gasteiger partial charge is 0.340 e. The minimum atomic E-state index is -4.21. The zero-order valence-electron chi connectivity index (χ0n) is 23.9. The van der Waals surface area contributed by atoms with E-state index in [1.54, 1.807) is 19.1 Å². The van der Waals surface area contributed by atoms with Crippen LogP contribution >= 0.6 is 39.1 Å². The van der Waals surface area contributed by atoms with Gasteiger partial charge in [0.15, 0.2) is 5.03 Å². The van der Waals surface area contributed by atoms with Gasteiger partial charge in [-0.15, -0.1) is 0 Å². The Bertz CT molecular complexity index is 1810. The molecule has 1 aromatic heterocycles. The van der Waals surface area contributed by atoms with Crippen LogP contribution in [-0.4, -0.2) is 77.0 Å². The van der Waals surface area contributed by atoms with Crippen LogP contribution in [0.15, 0.2) is 58.2 Å². The Morgan fingerprint density at radius 2 is 1.60 bits per heavy atom. The summed E-state index contributed by atoms with van der Waals surface area (Å²) in [7, 11) is -4.21. The third kappa shape index (κ3) is 5.78. The molecule has 0 spiro atoms. The second-order valence-corrected chi connectivity index (χ2v) is 15.1. The molecule has 16 heteroatoms. The van der Waals surface area contributed by atoms with E-state index in [0.717, 1.165) is 10.0 Å². The van der Waals surface area contributed by atoms with Crippen LogP contribution in [0.1, 0.15) is 25.3 Å². The second kappa shape index (κ2) is 11.8. The number of anilines is 2. The average molecular weight is 738 g/mol. The number of nitrogens with zero attached hydrogens (tertiary/aromatic N) is 5. The molecule has 0 saturated carbocycles. The van der Waals surface area contributed by atoms with Crippen molar-refractivity contribution in [3.05, 3.63) is 68.7 Å². The molecule has 0 radical (unpaired) electrons. The molecule has 1 atom stereocenters. The molecule has 3 aliphatic heterocycles. The molecule has 2 saturated heterocycles. The van der Waals surface area contributed by atoms with Gasteiger partial charge in [-0.1, -0.05) is 51.3 Å². The molecule has 12 nitrogen and oxygen atoms in total. The van der Waals surface area contributed by atoms with E-state index in [2.05, 4.69) is 26.2 Å². The first-order valence-corrected chi connectivity index (χ1v) is 17.0. The third-order valence-corrected chi connectivity index (χ3v) is 11.1. The fourth-order valence-electron chi connectivity index (χ4n) is 6.10. The molecular weight excluding hydrogens is 711 g/mol. The quantitative estimate of drug-likeness (QED) is 0.382. The average Bonchev–Trinajstić information content (AvgIpc) is 3.51. The van der Waals surface area contributed by atoms with E-state index in [1.165, 1.54) is 30.9 Å². The van der Waals surface area contributed by atoms with Gasteiger partial charge in [0, 0.05) is 60.0 Å². The predicted octanol–water partition coefficient (Wildman–Crippen LogP) is 3.47. The van der Waals surface area contributed by atoms with Gasteiger partial charge in [-0.05, 0) is 42.8 Å². The van der Waals surface area contributed by atoms with Crippen LogP contribution in [0.5, 0.6) is 0 Å². The van der Waals surface area contributed by atoms with E-state index in [-0.39, 0.29) is 62.3 Å². The maximum absolute atomic E-state index is 14.3. The van der Waals surface area contributed by atoms with Gasteiger partial charge in [0.2, 0.25) is 23.7 Å². The minimum Gasteiger partial charge on any atom is -0.340 e. The molecule has 0 bridgehead atoms. The monoisotopic (exact) mass is 736 g/mol. The Hall–Kier alpha value is -3.30. The number of benzene rings is 2. The summed E-state index contributed by atoms with van der Waals surface area (Å²) in [6.07, 6.45) is 1.21. The lowest BCUT2D eigenvalue weighted by atomic mass is 9.92. The molecule has 4 heterocycles. The van der Waals surface area contributed by atoms with Crippen molar-refractivity contribution in [1.82, 2.24) is 24.1 Å². The molecule has 236 valence electrons. The van der Waals surface area contributed by atoms with Gasteiger partial charge in [0.1, 0.15) is 5.54 Å². The van der Waals surface area contributed by atoms with Gasteiger partial charge < -0.3 is 4.90 Å². The fraction of sp³-hybridized carbons (Fsp3) is 0.345. The highest BCUT2D eigenvalue weighted by molar-refractivity contribution is 9.10. The summed E-state index contributed by atoms with van der Waals surface area (Å²) in [6.45, 7) is 1.78. The topological polar surface area (TPSA) is 142 Å². The van der Waals surface area contributed by atoms with Gasteiger partial charge in [0.05, 0.1) is 17.8 Å². The van der Waals surface area contributed by atoms with Crippen molar-refractivity contribution in [2.24, 2.45) is 5.92 Å². The number of imidazole rings is 1. The number of piperazine rings is 1. The van der Waals surface area contributed by atoms with Crippen LogP contribution in [0.25, 0.3) is 0 Å². The number of carbonyl (C=O) groups is 4. The highest BCUT2D eigenvalue weighted by Gasteiger charge is 2.52. The van der Waals surface area contributed by atoms with Crippen molar-refractivity contribution in [3.63, 3.8) is 0 Å². The van der Waals surface area contributed by atoms with Crippen molar-refractivity contribution in [2.75, 3.05) is 31.1 Å². The van der Waals surface area contributed by atoms with Crippen LogP contribution in [0.4, 0.5) is 11.6 Å². The Morgan fingerprint density at radius 3 is 2.20 bits per heavy atom. The Labute approximate surface area is 277 Å². The maximum atomic E-state index is 14.3. The lowest BCUT2D eigenvalue weighted by molar-refractivity contribution is -0.146. The normalized spacial score (nSPS) is 21.3. The SMILES string of the molecule is CC1(Cc2ccc(Br)cc2)C(=O)N(c2cc(Cl)cc(Cl)c2)c2ncc(S(=O)(=O)N3CCN(C(=O)C4CC(=O)NC(=O)C4)CC3)n21. The van der Waals surface area contributed by atoms with E-state index in [4.69, 9.17) is 23.2 Å². The number of amides is 4. The van der Waals surface area contributed by atoms with E-state index >= 15 is 0 Å². The number of halogens is 3. The van der Waals surface area contributed by atoms with Crippen molar-refractivity contribution < 1.29 is 27.6 Å². The first-order valence-electron chi connectivity index (χ1n) is 14.0. The first kappa shape index (κ1) is 31.7. The standard InChI is InChI=1S/C29H27BrCl2N6O6S/c1-29(15-17-2-4-19(30)5-3-17)27(42)37(22-13-20(31)12-21(32)14-22)28-33-16-25(38(28)29)45(43,44)36-8-6-35(7-9-36)26(41)18-10-23(39)34-24(40)11-18/h2-5,12-14,16,18H,6-11,15H2,1H3,(H,34,39,40). The van der Waals surface area contributed by atoms with Crippen LogP contribution < -0.4 is 10.2 Å². The van der Waals surface area contributed by atoms with Crippen LogP contribution in [0, 0.1) is 5.92 Å². The number of nitrogens with one attached hydrogen (secondary N) is 1. The van der Waals surface area contributed by atoms with Gasteiger partial charge in [-0.3, -0.25) is 29.1 Å². The van der Waals surface area contributed by atoms with E-state index < -0.39 is 39.2 Å². The zero-order valence-corrected chi connectivity index (χ0v) is 27.8. The molecule has 2 fully saturated rings. The molecular formula is C29H27BrCl2N6O6S. The summed E-state index contributed by atoms with van der Waals surface area (Å²) < 4.78 is 32.0. The smallest absolute Gasteiger partial charge is 0.260 e. The van der Waals surface area contributed by atoms with Crippen molar-refractivity contribution in [3.8, 4) is 0 Å². The molecule has 3 aliphatic rings. The molecule has 45 heavy (non-hydrogen) atoms. The number of hydrogen-bond acceptors (Lipinski definition) is 7.